The van der Waals surface area contributed by atoms with Gasteiger partial charge in [-0.15, -0.1) is 0 Å². The van der Waals surface area contributed by atoms with Crippen molar-refractivity contribution in [3.8, 4) is 0 Å². The SMILES string of the molecule is CN(C)c1ccc2c(c1Br)CC=C2. The van der Waals surface area contributed by atoms with Crippen molar-refractivity contribution in [3.05, 3.63) is 33.8 Å². The topological polar surface area (TPSA) is 3.24 Å². The first-order valence-corrected chi connectivity index (χ1v) is 5.14. The van der Waals surface area contributed by atoms with Gasteiger partial charge in [0.25, 0.3) is 0 Å². The molecule has 1 aromatic rings. The fourth-order valence-electron chi connectivity index (χ4n) is 1.64. The van der Waals surface area contributed by atoms with Gasteiger partial charge in [-0.25, -0.2) is 0 Å². The number of hydrogen-bond acceptors (Lipinski definition) is 1. The maximum Gasteiger partial charge on any atom is 0.0508 e. The Morgan fingerprint density at radius 3 is 2.77 bits per heavy atom. The van der Waals surface area contributed by atoms with E-state index in [9.17, 15) is 0 Å². The van der Waals surface area contributed by atoms with E-state index in [1.165, 1.54) is 21.3 Å². The summed E-state index contributed by atoms with van der Waals surface area (Å²) in [5.74, 6) is 0. The highest BCUT2D eigenvalue weighted by Crippen LogP contribution is 2.34. The predicted octanol–water partition coefficient (Wildman–Crippen LogP) is 3.08. The summed E-state index contributed by atoms with van der Waals surface area (Å²) in [5.41, 5.74) is 4.01. The zero-order valence-corrected chi connectivity index (χ0v) is 9.43. The molecule has 1 aromatic carbocycles. The molecule has 0 bridgehead atoms. The minimum Gasteiger partial charge on any atom is -0.377 e. The largest absolute Gasteiger partial charge is 0.377 e. The van der Waals surface area contributed by atoms with Crippen LogP contribution in [0.15, 0.2) is 22.7 Å². The molecule has 2 rings (SSSR count). The Kier molecular flexibility index (Phi) is 2.16. The molecular weight excluding hydrogens is 226 g/mol. The van der Waals surface area contributed by atoms with Crippen molar-refractivity contribution in [1.82, 2.24) is 0 Å². The lowest BCUT2D eigenvalue weighted by atomic mass is 10.1. The third-order valence-corrected chi connectivity index (χ3v) is 3.25. The third-order valence-electron chi connectivity index (χ3n) is 2.36. The van der Waals surface area contributed by atoms with Crippen molar-refractivity contribution >= 4 is 27.7 Å². The van der Waals surface area contributed by atoms with E-state index in [4.69, 9.17) is 0 Å². The number of hydrogen-bond donors (Lipinski definition) is 0. The van der Waals surface area contributed by atoms with Gasteiger partial charge in [0, 0.05) is 18.6 Å². The molecule has 0 radical (unpaired) electrons. The number of nitrogens with zero attached hydrogens (tertiary/aromatic N) is 1. The Morgan fingerprint density at radius 2 is 2.08 bits per heavy atom. The van der Waals surface area contributed by atoms with E-state index in [2.05, 4.69) is 59.2 Å². The second kappa shape index (κ2) is 3.18. The molecule has 1 aliphatic rings. The zero-order chi connectivity index (χ0) is 9.42. The molecule has 1 nitrogen and oxygen atoms in total. The smallest absolute Gasteiger partial charge is 0.0508 e. The molecule has 2 heteroatoms. The lowest BCUT2D eigenvalue weighted by Gasteiger charge is -2.16. The van der Waals surface area contributed by atoms with E-state index < -0.39 is 0 Å². The molecule has 0 unspecified atom stereocenters. The van der Waals surface area contributed by atoms with Crippen LogP contribution in [-0.2, 0) is 6.42 Å². The van der Waals surface area contributed by atoms with Gasteiger partial charge in [0.1, 0.15) is 0 Å². The standard InChI is InChI=1S/C11H12BrN/c1-13(2)10-7-6-8-4-3-5-9(8)11(10)12/h3-4,6-7H,5H2,1-2H3. The predicted molar refractivity (Wildman–Crippen MR) is 61.2 cm³/mol. The van der Waals surface area contributed by atoms with Crippen molar-refractivity contribution in [2.24, 2.45) is 0 Å². The van der Waals surface area contributed by atoms with Gasteiger partial charge in [-0.1, -0.05) is 18.2 Å². The molecule has 0 saturated heterocycles. The van der Waals surface area contributed by atoms with Crippen LogP contribution in [0.25, 0.3) is 6.08 Å². The summed E-state index contributed by atoms with van der Waals surface area (Å²) in [4.78, 5) is 2.13. The molecule has 0 aliphatic heterocycles. The quantitative estimate of drug-likeness (QED) is 0.726. The molecule has 0 fully saturated rings. The van der Waals surface area contributed by atoms with Gasteiger partial charge in [-0.05, 0) is 39.5 Å². The summed E-state index contributed by atoms with van der Waals surface area (Å²) in [5, 5.41) is 0. The van der Waals surface area contributed by atoms with Crippen molar-refractivity contribution in [1.29, 1.82) is 0 Å². The number of halogens is 1. The summed E-state index contributed by atoms with van der Waals surface area (Å²) in [6.45, 7) is 0. The summed E-state index contributed by atoms with van der Waals surface area (Å²) in [7, 11) is 4.13. The Labute approximate surface area is 87.2 Å². The van der Waals surface area contributed by atoms with Gasteiger partial charge in [0.15, 0.2) is 0 Å². The summed E-state index contributed by atoms with van der Waals surface area (Å²) < 4.78 is 1.24. The summed E-state index contributed by atoms with van der Waals surface area (Å²) in [6, 6.07) is 4.33. The second-order valence-electron chi connectivity index (χ2n) is 3.47. The van der Waals surface area contributed by atoms with Crippen molar-refractivity contribution in [3.63, 3.8) is 0 Å². The van der Waals surface area contributed by atoms with Crippen LogP contribution in [-0.4, -0.2) is 14.1 Å². The van der Waals surface area contributed by atoms with Crippen molar-refractivity contribution in [2.45, 2.75) is 6.42 Å². The van der Waals surface area contributed by atoms with Crippen LogP contribution in [0, 0.1) is 0 Å². The third kappa shape index (κ3) is 1.39. The van der Waals surface area contributed by atoms with Gasteiger partial charge in [0.05, 0.1) is 5.69 Å². The van der Waals surface area contributed by atoms with Gasteiger partial charge < -0.3 is 4.90 Å². The monoisotopic (exact) mass is 237 g/mol. The molecule has 0 atom stereocenters. The lowest BCUT2D eigenvalue weighted by Crippen LogP contribution is -2.10. The highest BCUT2D eigenvalue weighted by Gasteiger charge is 2.12. The molecular formula is C11H12BrN. The Bertz CT molecular complexity index is 367. The van der Waals surface area contributed by atoms with E-state index in [0.717, 1.165) is 6.42 Å². The molecule has 13 heavy (non-hydrogen) atoms. The van der Waals surface area contributed by atoms with Gasteiger partial charge in [0.2, 0.25) is 0 Å². The fourth-order valence-corrected chi connectivity index (χ4v) is 2.51. The Hall–Kier alpha value is -0.760. The maximum atomic E-state index is 3.65. The first kappa shape index (κ1) is 8.82. The van der Waals surface area contributed by atoms with Crippen LogP contribution in [0.5, 0.6) is 0 Å². The average molecular weight is 238 g/mol. The summed E-state index contributed by atoms with van der Waals surface area (Å²) >= 11 is 3.65. The molecule has 0 aromatic heterocycles. The molecule has 0 spiro atoms. The Morgan fingerprint density at radius 1 is 1.31 bits per heavy atom. The van der Waals surface area contributed by atoms with Crippen LogP contribution in [0.2, 0.25) is 0 Å². The highest BCUT2D eigenvalue weighted by molar-refractivity contribution is 9.10. The van der Waals surface area contributed by atoms with E-state index in [-0.39, 0.29) is 0 Å². The Balaban J connectivity index is 2.55. The van der Waals surface area contributed by atoms with Crippen LogP contribution < -0.4 is 4.90 Å². The lowest BCUT2D eigenvalue weighted by molar-refractivity contribution is 1.11. The van der Waals surface area contributed by atoms with Gasteiger partial charge >= 0.3 is 0 Å². The van der Waals surface area contributed by atoms with Crippen LogP contribution >= 0.6 is 15.9 Å². The van der Waals surface area contributed by atoms with Crippen LogP contribution in [0.3, 0.4) is 0 Å². The molecule has 0 amide bonds. The highest BCUT2D eigenvalue weighted by atomic mass is 79.9. The molecule has 0 N–H and O–H groups in total. The first-order valence-electron chi connectivity index (χ1n) is 4.35. The average Bonchev–Trinajstić information content (AvgIpc) is 2.52. The molecule has 0 saturated carbocycles. The molecule has 68 valence electrons. The second-order valence-corrected chi connectivity index (χ2v) is 4.26. The van der Waals surface area contributed by atoms with E-state index >= 15 is 0 Å². The molecule has 0 heterocycles. The van der Waals surface area contributed by atoms with E-state index in [0.29, 0.717) is 0 Å². The van der Waals surface area contributed by atoms with Crippen molar-refractivity contribution in [2.75, 3.05) is 19.0 Å². The zero-order valence-electron chi connectivity index (χ0n) is 7.84. The maximum absolute atomic E-state index is 3.65. The van der Waals surface area contributed by atoms with E-state index in [1.54, 1.807) is 0 Å². The van der Waals surface area contributed by atoms with Gasteiger partial charge in [-0.3, -0.25) is 0 Å². The number of benzene rings is 1. The molecule has 1 aliphatic carbocycles. The minimum absolute atomic E-state index is 1.05. The number of fused-ring (bicyclic) bond motifs is 1. The number of allylic oxidation sites excluding steroid dienone is 1. The van der Waals surface area contributed by atoms with Crippen molar-refractivity contribution < 1.29 is 0 Å². The number of anilines is 1. The normalized spacial score (nSPS) is 13.2. The fraction of sp³-hybridized carbons (Fsp3) is 0.273. The minimum atomic E-state index is 1.05. The van der Waals surface area contributed by atoms with E-state index in [1.807, 2.05) is 0 Å². The van der Waals surface area contributed by atoms with Gasteiger partial charge in [-0.2, -0.15) is 0 Å². The number of rotatable bonds is 1. The first-order chi connectivity index (χ1) is 6.20. The van der Waals surface area contributed by atoms with Crippen LogP contribution in [0.1, 0.15) is 11.1 Å². The summed E-state index contributed by atoms with van der Waals surface area (Å²) in [6.07, 6.45) is 5.44. The van der Waals surface area contributed by atoms with Crippen LogP contribution in [0.4, 0.5) is 5.69 Å².